The molecule has 5 nitrogen and oxygen atoms in total. The van der Waals surface area contributed by atoms with Gasteiger partial charge < -0.3 is 15.1 Å². The second-order valence-electron chi connectivity index (χ2n) is 7.83. The zero-order chi connectivity index (χ0) is 19.1. The summed E-state index contributed by atoms with van der Waals surface area (Å²) in [6.45, 7) is 10.4. The molecule has 0 aromatic heterocycles. The monoisotopic (exact) mass is 376 g/mol. The molecule has 0 saturated carbocycles. The van der Waals surface area contributed by atoms with Crippen molar-refractivity contribution in [3.63, 3.8) is 0 Å². The SMILES string of the molecule is CCN1CCC[C@@H](CNC(=O)N2CCCN(Cc3cccc(F)c3)CC2)C1. The van der Waals surface area contributed by atoms with Crippen molar-refractivity contribution in [1.29, 1.82) is 0 Å². The maximum Gasteiger partial charge on any atom is 0.317 e. The van der Waals surface area contributed by atoms with E-state index in [4.69, 9.17) is 0 Å². The van der Waals surface area contributed by atoms with Crippen molar-refractivity contribution < 1.29 is 9.18 Å². The minimum absolute atomic E-state index is 0.0660. The van der Waals surface area contributed by atoms with E-state index in [1.54, 1.807) is 12.1 Å². The van der Waals surface area contributed by atoms with E-state index in [2.05, 4.69) is 22.0 Å². The maximum absolute atomic E-state index is 13.4. The molecule has 0 bridgehead atoms. The number of carbonyl (C=O) groups is 1. The van der Waals surface area contributed by atoms with E-state index in [1.165, 1.54) is 25.5 Å². The molecular formula is C21H33FN4O. The highest BCUT2D eigenvalue weighted by atomic mass is 19.1. The van der Waals surface area contributed by atoms with Crippen molar-refractivity contribution >= 4 is 6.03 Å². The van der Waals surface area contributed by atoms with Gasteiger partial charge in [-0.2, -0.15) is 0 Å². The minimum atomic E-state index is -0.187. The average molecular weight is 377 g/mol. The van der Waals surface area contributed by atoms with Crippen LogP contribution in [-0.2, 0) is 6.54 Å². The molecule has 27 heavy (non-hydrogen) atoms. The Morgan fingerprint density at radius 2 is 2.00 bits per heavy atom. The third-order valence-electron chi connectivity index (χ3n) is 5.76. The van der Waals surface area contributed by atoms with Crippen molar-refractivity contribution in [2.75, 3.05) is 52.4 Å². The largest absolute Gasteiger partial charge is 0.338 e. The molecule has 1 atom stereocenters. The lowest BCUT2D eigenvalue weighted by molar-refractivity contribution is 0.170. The summed E-state index contributed by atoms with van der Waals surface area (Å²) in [5.74, 6) is 0.381. The van der Waals surface area contributed by atoms with E-state index in [1.807, 2.05) is 11.0 Å². The summed E-state index contributed by atoms with van der Waals surface area (Å²) < 4.78 is 13.4. The number of urea groups is 1. The standard InChI is InChI=1S/C21H33FN4O/c1-2-24-9-4-7-19(17-24)15-23-21(27)26-11-5-10-25(12-13-26)16-18-6-3-8-20(22)14-18/h3,6,8,14,19H,2,4-5,7,9-13,15-17H2,1H3,(H,23,27)/t19-/m0/s1. The Kier molecular flexibility index (Phi) is 7.47. The molecule has 0 unspecified atom stereocenters. The van der Waals surface area contributed by atoms with Gasteiger partial charge in [-0.15, -0.1) is 0 Å². The molecule has 6 heteroatoms. The van der Waals surface area contributed by atoms with Crippen LogP contribution in [0.25, 0.3) is 0 Å². The summed E-state index contributed by atoms with van der Waals surface area (Å²) in [6.07, 6.45) is 3.39. The fourth-order valence-electron chi connectivity index (χ4n) is 4.17. The maximum atomic E-state index is 13.4. The molecule has 1 aromatic rings. The molecule has 2 amide bonds. The first-order valence-electron chi connectivity index (χ1n) is 10.4. The molecule has 150 valence electrons. The molecular weight excluding hydrogens is 343 g/mol. The molecule has 2 aliphatic heterocycles. The molecule has 2 saturated heterocycles. The normalized spacial score (nSPS) is 22.4. The van der Waals surface area contributed by atoms with Crippen molar-refractivity contribution in [1.82, 2.24) is 20.0 Å². The number of nitrogens with zero attached hydrogens (tertiary/aromatic N) is 3. The Morgan fingerprint density at radius 3 is 2.81 bits per heavy atom. The number of amides is 2. The summed E-state index contributed by atoms with van der Waals surface area (Å²) in [6, 6.07) is 6.86. The Morgan fingerprint density at radius 1 is 1.15 bits per heavy atom. The number of likely N-dealkylation sites (tertiary alicyclic amines) is 1. The van der Waals surface area contributed by atoms with Crippen molar-refractivity contribution in [3.05, 3.63) is 35.6 Å². The van der Waals surface area contributed by atoms with E-state index in [9.17, 15) is 9.18 Å². The molecule has 3 rings (SSSR count). The first-order chi connectivity index (χ1) is 13.1. The third-order valence-corrected chi connectivity index (χ3v) is 5.76. The highest BCUT2D eigenvalue weighted by Gasteiger charge is 2.22. The Balaban J connectivity index is 1.42. The quantitative estimate of drug-likeness (QED) is 0.859. The van der Waals surface area contributed by atoms with Gasteiger partial charge in [-0.25, -0.2) is 9.18 Å². The number of hydrogen-bond donors (Lipinski definition) is 1. The fourth-order valence-corrected chi connectivity index (χ4v) is 4.17. The lowest BCUT2D eigenvalue weighted by atomic mass is 9.98. The van der Waals surface area contributed by atoms with Gasteiger partial charge in [0, 0.05) is 45.8 Å². The first kappa shape index (κ1) is 20.1. The van der Waals surface area contributed by atoms with Crippen LogP contribution in [0, 0.1) is 11.7 Å². The molecule has 1 aromatic carbocycles. The van der Waals surface area contributed by atoms with Crippen LogP contribution in [0.15, 0.2) is 24.3 Å². The molecule has 0 spiro atoms. The third kappa shape index (κ3) is 6.18. The number of nitrogens with one attached hydrogen (secondary N) is 1. The van der Waals surface area contributed by atoms with Gasteiger partial charge in [0.2, 0.25) is 0 Å². The van der Waals surface area contributed by atoms with Crippen LogP contribution in [0.4, 0.5) is 9.18 Å². The van der Waals surface area contributed by atoms with E-state index >= 15 is 0 Å². The number of hydrogen-bond acceptors (Lipinski definition) is 3. The van der Waals surface area contributed by atoms with Crippen LogP contribution in [0.5, 0.6) is 0 Å². The van der Waals surface area contributed by atoms with E-state index in [0.717, 1.165) is 64.3 Å². The van der Waals surface area contributed by atoms with E-state index in [0.29, 0.717) is 5.92 Å². The Hall–Kier alpha value is -1.66. The van der Waals surface area contributed by atoms with Crippen molar-refractivity contribution in [3.8, 4) is 0 Å². The number of halogens is 1. The van der Waals surface area contributed by atoms with E-state index < -0.39 is 0 Å². The molecule has 0 radical (unpaired) electrons. The Bertz CT molecular complexity index is 612. The second-order valence-corrected chi connectivity index (χ2v) is 7.83. The Labute approximate surface area is 162 Å². The van der Waals surface area contributed by atoms with Crippen LogP contribution in [-0.4, -0.2) is 73.1 Å². The summed E-state index contributed by atoms with van der Waals surface area (Å²) >= 11 is 0. The van der Waals surface area contributed by atoms with Crippen LogP contribution >= 0.6 is 0 Å². The fraction of sp³-hybridized carbons (Fsp3) is 0.667. The van der Waals surface area contributed by atoms with Gasteiger partial charge >= 0.3 is 6.03 Å². The molecule has 0 aliphatic carbocycles. The lowest BCUT2D eigenvalue weighted by Crippen LogP contribution is -2.46. The van der Waals surface area contributed by atoms with Gasteiger partial charge in [-0.1, -0.05) is 19.1 Å². The minimum Gasteiger partial charge on any atom is -0.338 e. The predicted octanol–water partition coefficient (Wildman–Crippen LogP) is 2.77. The first-order valence-corrected chi connectivity index (χ1v) is 10.4. The molecule has 2 fully saturated rings. The number of piperidine rings is 1. The van der Waals surface area contributed by atoms with Gasteiger partial charge in [-0.05, 0) is 56.0 Å². The molecule has 1 N–H and O–H groups in total. The predicted molar refractivity (Wildman–Crippen MR) is 106 cm³/mol. The lowest BCUT2D eigenvalue weighted by Gasteiger charge is -2.32. The average Bonchev–Trinajstić information content (AvgIpc) is 2.92. The van der Waals surface area contributed by atoms with Crippen LogP contribution in [0.2, 0.25) is 0 Å². The highest BCUT2D eigenvalue weighted by molar-refractivity contribution is 5.74. The second kappa shape index (κ2) is 10.0. The highest BCUT2D eigenvalue weighted by Crippen LogP contribution is 2.15. The zero-order valence-electron chi connectivity index (χ0n) is 16.5. The molecule has 2 aliphatic rings. The van der Waals surface area contributed by atoms with Crippen molar-refractivity contribution in [2.45, 2.75) is 32.7 Å². The molecule has 2 heterocycles. The summed E-state index contributed by atoms with van der Waals surface area (Å²) in [5.41, 5.74) is 0.991. The topological polar surface area (TPSA) is 38.8 Å². The summed E-state index contributed by atoms with van der Waals surface area (Å²) in [7, 11) is 0. The van der Waals surface area contributed by atoms with Gasteiger partial charge in [0.25, 0.3) is 0 Å². The van der Waals surface area contributed by atoms with Gasteiger partial charge in [0.15, 0.2) is 0 Å². The van der Waals surface area contributed by atoms with Crippen LogP contribution in [0.3, 0.4) is 0 Å². The van der Waals surface area contributed by atoms with Gasteiger partial charge in [0.05, 0.1) is 0 Å². The number of carbonyl (C=O) groups excluding carboxylic acids is 1. The smallest absolute Gasteiger partial charge is 0.317 e. The summed E-state index contributed by atoms with van der Waals surface area (Å²) in [4.78, 5) is 19.3. The number of rotatable bonds is 5. The van der Waals surface area contributed by atoms with Gasteiger partial charge in [-0.3, -0.25) is 4.90 Å². The number of benzene rings is 1. The van der Waals surface area contributed by atoms with Crippen LogP contribution in [0.1, 0.15) is 31.7 Å². The van der Waals surface area contributed by atoms with Gasteiger partial charge in [0.1, 0.15) is 5.82 Å². The summed E-state index contributed by atoms with van der Waals surface area (Å²) in [5, 5.41) is 3.16. The van der Waals surface area contributed by atoms with Crippen molar-refractivity contribution in [2.24, 2.45) is 5.92 Å². The van der Waals surface area contributed by atoms with E-state index in [-0.39, 0.29) is 11.8 Å². The zero-order valence-corrected chi connectivity index (χ0v) is 16.5. The van der Waals surface area contributed by atoms with Crippen LogP contribution < -0.4 is 5.32 Å².